The van der Waals surface area contributed by atoms with Gasteiger partial charge < -0.3 is 10.2 Å². The molecule has 2 amide bonds. The first-order valence-electron chi connectivity index (χ1n) is 8.25. The van der Waals surface area contributed by atoms with Gasteiger partial charge in [0.25, 0.3) is 0 Å². The molecule has 0 aromatic heterocycles. The minimum Gasteiger partial charge on any atom is -0.323 e. The smallest absolute Gasteiger partial charge is 0.321 e. The second kappa shape index (κ2) is 7.18. The van der Waals surface area contributed by atoms with Crippen molar-refractivity contribution >= 4 is 22.5 Å². The molecule has 0 radical (unpaired) electrons. The van der Waals surface area contributed by atoms with Gasteiger partial charge in [0, 0.05) is 19.0 Å². The Morgan fingerprint density at radius 2 is 1.58 bits per heavy atom. The Balaban J connectivity index is 1.71. The first kappa shape index (κ1) is 16.1. The molecule has 0 spiro atoms. The van der Waals surface area contributed by atoms with Crippen molar-refractivity contribution < 1.29 is 4.79 Å². The van der Waals surface area contributed by atoms with Crippen LogP contribution in [0.4, 0.5) is 10.5 Å². The molecule has 3 aromatic carbocycles. The fourth-order valence-corrected chi connectivity index (χ4v) is 2.77. The van der Waals surface area contributed by atoms with E-state index in [0.717, 1.165) is 28.4 Å². The highest BCUT2D eigenvalue weighted by Crippen LogP contribution is 2.23. The molecule has 24 heavy (non-hydrogen) atoms. The van der Waals surface area contributed by atoms with Crippen molar-refractivity contribution in [3.63, 3.8) is 0 Å². The number of nitrogens with zero attached hydrogens (tertiary/aromatic N) is 1. The second-order valence-electron chi connectivity index (χ2n) is 5.98. The van der Waals surface area contributed by atoms with Crippen LogP contribution in [0.1, 0.15) is 18.1 Å². The minimum atomic E-state index is -0.106. The van der Waals surface area contributed by atoms with Gasteiger partial charge >= 0.3 is 6.03 Å². The van der Waals surface area contributed by atoms with Crippen LogP contribution in [0.2, 0.25) is 0 Å². The lowest BCUT2D eigenvalue weighted by molar-refractivity contribution is 0.220. The molecular weight excluding hydrogens is 296 g/mol. The highest BCUT2D eigenvalue weighted by atomic mass is 16.2. The molecular formula is C21H22N2O. The molecule has 0 aliphatic carbocycles. The van der Waals surface area contributed by atoms with Gasteiger partial charge in [-0.15, -0.1) is 0 Å². The van der Waals surface area contributed by atoms with Gasteiger partial charge in [0.05, 0.1) is 5.69 Å². The third-order valence-electron chi connectivity index (χ3n) is 4.23. The Bertz CT molecular complexity index is 835. The van der Waals surface area contributed by atoms with Gasteiger partial charge in [0.15, 0.2) is 0 Å². The van der Waals surface area contributed by atoms with Gasteiger partial charge in [-0.2, -0.15) is 0 Å². The number of aryl methyl sites for hydroxylation is 1. The van der Waals surface area contributed by atoms with E-state index in [0.29, 0.717) is 6.54 Å². The molecule has 0 fully saturated rings. The number of carbonyl (C=O) groups excluding carboxylic acids is 1. The van der Waals surface area contributed by atoms with E-state index >= 15 is 0 Å². The monoisotopic (exact) mass is 318 g/mol. The van der Waals surface area contributed by atoms with E-state index in [9.17, 15) is 4.79 Å². The molecule has 3 heteroatoms. The molecule has 0 atom stereocenters. The van der Waals surface area contributed by atoms with Crippen LogP contribution in [0.15, 0.2) is 66.7 Å². The van der Waals surface area contributed by atoms with E-state index in [1.54, 1.807) is 4.90 Å². The number of amides is 2. The summed E-state index contributed by atoms with van der Waals surface area (Å²) in [4.78, 5) is 14.2. The maximum atomic E-state index is 12.5. The van der Waals surface area contributed by atoms with E-state index in [1.165, 1.54) is 5.56 Å². The van der Waals surface area contributed by atoms with Gasteiger partial charge in [-0.3, -0.25) is 0 Å². The first-order chi connectivity index (χ1) is 11.7. The number of anilines is 1. The van der Waals surface area contributed by atoms with E-state index in [2.05, 4.69) is 36.5 Å². The van der Waals surface area contributed by atoms with Gasteiger partial charge in [-0.1, -0.05) is 67.6 Å². The lowest BCUT2D eigenvalue weighted by atomic mass is 10.1. The van der Waals surface area contributed by atoms with Crippen molar-refractivity contribution in [3.8, 4) is 0 Å². The third kappa shape index (κ3) is 3.57. The van der Waals surface area contributed by atoms with Gasteiger partial charge in [-0.05, 0) is 29.0 Å². The summed E-state index contributed by atoms with van der Waals surface area (Å²) in [6.07, 6.45) is 1.03. The second-order valence-corrected chi connectivity index (χ2v) is 5.98. The zero-order valence-electron chi connectivity index (χ0n) is 14.1. The summed E-state index contributed by atoms with van der Waals surface area (Å²) in [6.45, 7) is 2.72. The number of fused-ring (bicyclic) bond motifs is 1. The molecule has 0 aliphatic heterocycles. The number of hydrogen-bond acceptors (Lipinski definition) is 1. The van der Waals surface area contributed by atoms with E-state index in [4.69, 9.17) is 0 Å². The molecule has 1 N–H and O–H groups in total. The summed E-state index contributed by atoms with van der Waals surface area (Å²) in [5, 5.41) is 5.18. The molecule has 0 unspecified atom stereocenters. The SMILES string of the molecule is CCc1ccc(CN(C)C(=O)Nc2cccc3ccccc23)cc1. The maximum Gasteiger partial charge on any atom is 0.321 e. The van der Waals surface area contributed by atoms with Crippen LogP contribution in [-0.4, -0.2) is 18.0 Å². The molecule has 0 saturated heterocycles. The quantitative estimate of drug-likeness (QED) is 0.716. The van der Waals surface area contributed by atoms with E-state index in [1.807, 2.05) is 49.5 Å². The van der Waals surface area contributed by atoms with Crippen molar-refractivity contribution in [2.24, 2.45) is 0 Å². The molecule has 0 saturated carbocycles. The van der Waals surface area contributed by atoms with Crippen LogP contribution in [0.5, 0.6) is 0 Å². The van der Waals surface area contributed by atoms with Crippen LogP contribution < -0.4 is 5.32 Å². The summed E-state index contributed by atoms with van der Waals surface area (Å²) in [6, 6.07) is 22.3. The highest BCUT2D eigenvalue weighted by molar-refractivity contribution is 6.01. The number of benzene rings is 3. The number of hydrogen-bond donors (Lipinski definition) is 1. The van der Waals surface area contributed by atoms with Gasteiger partial charge in [-0.25, -0.2) is 4.79 Å². The van der Waals surface area contributed by atoms with Crippen LogP contribution in [0.25, 0.3) is 10.8 Å². The fourth-order valence-electron chi connectivity index (χ4n) is 2.77. The van der Waals surface area contributed by atoms with Gasteiger partial charge in [0.2, 0.25) is 0 Å². The Labute approximate surface area is 142 Å². The van der Waals surface area contributed by atoms with Crippen molar-refractivity contribution in [2.45, 2.75) is 19.9 Å². The summed E-state index contributed by atoms with van der Waals surface area (Å²) in [5.41, 5.74) is 3.27. The molecule has 122 valence electrons. The molecule has 0 heterocycles. The summed E-state index contributed by atoms with van der Waals surface area (Å²) in [5.74, 6) is 0. The minimum absolute atomic E-state index is 0.106. The molecule has 0 bridgehead atoms. The zero-order valence-corrected chi connectivity index (χ0v) is 14.1. The molecule has 3 aromatic rings. The van der Waals surface area contributed by atoms with Crippen LogP contribution in [0.3, 0.4) is 0 Å². The summed E-state index contributed by atoms with van der Waals surface area (Å²) < 4.78 is 0. The standard InChI is InChI=1S/C21H22N2O/c1-3-16-11-13-17(14-12-16)15-23(2)21(24)22-20-10-6-8-18-7-4-5-9-19(18)20/h4-14H,3,15H2,1-2H3,(H,22,24). The predicted octanol–water partition coefficient (Wildman–Crippen LogP) is 5.07. The Morgan fingerprint density at radius 1 is 0.917 bits per heavy atom. The molecule has 0 aliphatic rings. The van der Waals surface area contributed by atoms with Crippen LogP contribution in [-0.2, 0) is 13.0 Å². The zero-order chi connectivity index (χ0) is 16.9. The van der Waals surface area contributed by atoms with Crippen molar-refractivity contribution in [1.29, 1.82) is 0 Å². The number of nitrogens with one attached hydrogen (secondary N) is 1. The fraction of sp³-hybridized carbons (Fsp3) is 0.190. The Hall–Kier alpha value is -2.81. The topological polar surface area (TPSA) is 32.3 Å². The average Bonchev–Trinajstić information content (AvgIpc) is 2.62. The lowest BCUT2D eigenvalue weighted by Crippen LogP contribution is -2.30. The summed E-state index contributed by atoms with van der Waals surface area (Å²) >= 11 is 0. The lowest BCUT2D eigenvalue weighted by Gasteiger charge is -2.19. The van der Waals surface area contributed by atoms with E-state index < -0.39 is 0 Å². The van der Waals surface area contributed by atoms with Crippen molar-refractivity contribution in [2.75, 3.05) is 12.4 Å². The predicted molar refractivity (Wildman–Crippen MR) is 100 cm³/mol. The largest absolute Gasteiger partial charge is 0.323 e. The van der Waals surface area contributed by atoms with Crippen molar-refractivity contribution in [1.82, 2.24) is 4.90 Å². The number of urea groups is 1. The van der Waals surface area contributed by atoms with Crippen LogP contribution >= 0.6 is 0 Å². The Morgan fingerprint density at radius 3 is 2.33 bits per heavy atom. The average molecular weight is 318 g/mol. The third-order valence-corrected chi connectivity index (χ3v) is 4.23. The normalized spacial score (nSPS) is 10.6. The maximum absolute atomic E-state index is 12.5. The number of rotatable bonds is 4. The molecule has 3 rings (SSSR count). The van der Waals surface area contributed by atoms with Crippen molar-refractivity contribution in [3.05, 3.63) is 77.9 Å². The Kier molecular flexibility index (Phi) is 4.80. The van der Waals surface area contributed by atoms with Gasteiger partial charge in [0.1, 0.15) is 0 Å². The van der Waals surface area contributed by atoms with E-state index in [-0.39, 0.29) is 6.03 Å². The number of carbonyl (C=O) groups is 1. The highest BCUT2D eigenvalue weighted by Gasteiger charge is 2.11. The molecule has 3 nitrogen and oxygen atoms in total. The van der Waals surface area contributed by atoms with Crippen LogP contribution in [0, 0.1) is 0 Å². The summed E-state index contributed by atoms with van der Waals surface area (Å²) in [7, 11) is 1.81. The first-order valence-corrected chi connectivity index (χ1v) is 8.25.